The average Bonchev–Trinajstić information content (AvgIpc) is 3.33. The molecule has 8 nitrogen and oxygen atoms in total. The van der Waals surface area contributed by atoms with Crippen LogP contribution in [0.5, 0.6) is 0 Å². The first-order chi connectivity index (χ1) is 34.5. The lowest BCUT2D eigenvalue weighted by atomic mass is 10.0. The van der Waals surface area contributed by atoms with Crippen molar-refractivity contribution in [3.63, 3.8) is 0 Å². The first-order valence-electron chi connectivity index (χ1n) is 29.8. The minimum Gasteiger partial charge on any atom is -0.387 e. The van der Waals surface area contributed by atoms with Crippen molar-refractivity contribution in [1.82, 2.24) is 5.32 Å². The summed E-state index contributed by atoms with van der Waals surface area (Å²) >= 11 is 0. The Balaban J connectivity index is 4.19. The largest absolute Gasteiger partial charge is 0.472 e. The van der Waals surface area contributed by atoms with Crippen LogP contribution in [-0.2, 0) is 18.4 Å². The molecule has 0 saturated carbocycles. The molecule has 0 saturated heterocycles. The number of nitrogens with one attached hydrogen (secondary N) is 1. The number of hydrogen-bond donors (Lipinski definition) is 3. The number of unbranched alkanes of at least 4 members (excludes halogenated alkanes) is 31. The van der Waals surface area contributed by atoms with Crippen LogP contribution in [0.3, 0.4) is 0 Å². The zero-order chi connectivity index (χ0) is 52.0. The van der Waals surface area contributed by atoms with Crippen LogP contribution in [0.25, 0.3) is 0 Å². The van der Waals surface area contributed by atoms with E-state index in [1.165, 1.54) is 167 Å². The van der Waals surface area contributed by atoms with Gasteiger partial charge < -0.3 is 19.8 Å². The summed E-state index contributed by atoms with van der Waals surface area (Å²) in [5.74, 6) is -0.208. The van der Waals surface area contributed by atoms with Gasteiger partial charge in [0, 0.05) is 6.42 Å². The number of quaternary nitrogens is 1. The van der Waals surface area contributed by atoms with Crippen LogP contribution in [0.4, 0.5) is 0 Å². The molecule has 0 rings (SSSR count). The molecule has 9 heteroatoms. The van der Waals surface area contributed by atoms with E-state index in [1.54, 1.807) is 6.08 Å². The Hall–Kier alpha value is -2.06. The second kappa shape index (κ2) is 52.8. The van der Waals surface area contributed by atoms with Crippen LogP contribution in [0, 0.1) is 0 Å². The van der Waals surface area contributed by atoms with Gasteiger partial charge in [-0.3, -0.25) is 13.8 Å². The van der Waals surface area contributed by atoms with Gasteiger partial charge in [0.25, 0.3) is 0 Å². The molecule has 0 aliphatic heterocycles. The first-order valence-corrected chi connectivity index (χ1v) is 31.3. The Morgan fingerprint density at radius 2 is 0.845 bits per heavy atom. The zero-order valence-corrected chi connectivity index (χ0v) is 48.1. The van der Waals surface area contributed by atoms with E-state index in [1.807, 2.05) is 27.2 Å². The summed E-state index contributed by atoms with van der Waals surface area (Å²) < 4.78 is 23.7. The van der Waals surface area contributed by atoms with E-state index in [2.05, 4.69) is 79.9 Å². The molecule has 3 N–H and O–H groups in total. The summed E-state index contributed by atoms with van der Waals surface area (Å²) in [7, 11) is 1.54. The number of carbonyl (C=O) groups is 1. The Morgan fingerprint density at radius 3 is 1.24 bits per heavy atom. The molecule has 3 atom stereocenters. The highest BCUT2D eigenvalue weighted by Gasteiger charge is 2.27. The predicted molar refractivity (Wildman–Crippen MR) is 309 cm³/mol. The smallest absolute Gasteiger partial charge is 0.387 e. The van der Waals surface area contributed by atoms with Crippen molar-refractivity contribution in [2.45, 2.75) is 276 Å². The van der Waals surface area contributed by atoms with Gasteiger partial charge in [-0.2, -0.15) is 0 Å². The van der Waals surface area contributed by atoms with Gasteiger partial charge in [-0.25, -0.2) is 4.57 Å². The summed E-state index contributed by atoms with van der Waals surface area (Å²) in [5.41, 5.74) is 0. The van der Waals surface area contributed by atoms with E-state index in [0.29, 0.717) is 17.4 Å². The van der Waals surface area contributed by atoms with Crippen LogP contribution in [0.2, 0.25) is 0 Å². The van der Waals surface area contributed by atoms with Crippen LogP contribution < -0.4 is 5.32 Å². The number of allylic oxidation sites excluding steroid dienone is 11. The second-order valence-corrected chi connectivity index (χ2v) is 22.8. The minimum absolute atomic E-state index is 0.0516. The third kappa shape index (κ3) is 55.5. The lowest BCUT2D eigenvalue weighted by molar-refractivity contribution is -0.870. The summed E-state index contributed by atoms with van der Waals surface area (Å²) in [6.45, 7) is 4.69. The second-order valence-electron chi connectivity index (χ2n) is 21.3. The SMILES string of the molecule is CC/C=C\C/C=C\C/C=C\C/C=C\C/C=C\CCCCCC(=O)NC(COP(=O)(O)OCC[N+](C)(C)C)C(O)/C=C/CCCCCCCCCCCCCCCCCCCCCCCCCCCCCC. The van der Waals surface area contributed by atoms with Gasteiger partial charge in [-0.15, -0.1) is 0 Å². The lowest BCUT2D eigenvalue weighted by Crippen LogP contribution is -2.45. The third-order valence-electron chi connectivity index (χ3n) is 13.2. The van der Waals surface area contributed by atoms with Gasteiger partial charge in [-0.1, -0.05) is 267 Å². The number of amides is 1. The highest BCUT2D eigenvalue weighted by atomic mass is 31.2. The number of rotatable bonds is 54. The number of hydrogen-bond acceptors (Lipinski definition) is 5. The van der Waals surface area contributed by atoms with E-state index < -0.39 is 20.0 Å². The fourth-order valence-electron chi connectivity index (χ4n) is 8.54. The van der Waals surface area contributed by atoms with Crippen molar-refractivity contribution in [2.24, 2.45) is 0 Å². The molecule has 0 aromatic heterocycles. The van der Waals surface area contributed by atoms with Gasteiger partial charge in [0.1, 0.15) is 13.2 Å². The maximum atomic E-state index is 13.0. The molecule has 3 unspecified atom stereocenters. The molecule has 0 aromatic rings. The normalized spacial score (nSPS) is 14.4. The Bertz CT molecular complexity index is 1380. The van der Waals surface area contributed by atoms with Crippen molar-refractivity contribution in [2.75, 3.05) is 40.9 Å². The van der Waals surface area contributed by atoms with E-state index >= 15 is 0 Å². The monoisotopic (exact) mass is 1020 g/mol. The first kappa shape index (κ1) is 68.9. The number of aliphatic hydroxyl groups excluding tert-OH is 1. The number of phosphoric ester groups is 1. The van der Waals surface area contributed by atoms with Gasteiger partial charge in [0.05, 0.1) is 39.9 Å². The Labute approximate surface area is 440 Å². The lowest BCUT2D eigenvalue weighted by Gasteiger charge is -2.25. The summed E-state index contributed by atoms with van der Waals surface area (Å²) in [5, 5.41) is 13.9. The van der Waals surface area contributed by atoms with Crippen molar-refractivity contribution in [3.8, 4) is 0 Å². The minimum atomic E-state index is -4.36. The molecule has 0 bridgehead atoms. The molecule has 0 heterocycles. The topological polar surface area (TPSA) is 105 Å². The summed E-state index contributed by atoms with van der Waals surface area (Å²) in [4.78, 5) is 23.3. The van der Waals surface area contributed by atoms with E-state index in [0.717, 1.165) is 77.0 Å². The van der Waals surface area contributed by atoms with Crippen molar-refractivity contribution < 1.29 is 32.9 Å². The van der Waals surface area contributed by atoms with Crippen molar-refractivity contribution >= 4 is 13.7 Å². The quantitative estimate of drug-likeness (QED) is 0.0243. The van der Waals surface area contributed by atoms with Crippen LogP contribution in [0.15, 0.2) is 72.9 Å². The molecule has 0 aromatic carbocycles. The summed E-state index contributed by atoms with van der Waals surface area (Å²) in [6.07, 6.45) is 73.1. The van der Waals surface area contributed by atoms with Crippen molar-refractivity contribution in [1.29, 1.82) is 0 Å². The fourth-order valence-corrected chi connectivity index (χ4v) is 9.28. The highest BCUT2D eigenvalue weighted by molar-refractivity contribution is 7.47. The summed E-state index contributed by atoms with van der Waals surface area (Å²) in [6, 6.07) is -0.869. The van der Waals surface area contributed by atoms with Gasteiger partial charge in [0.15, 0.2) is 0 Å². The maximum Gasteiger partial charge on any atom is 0.472 e. The molecule has 1 amide bonds. The maximum absolute atomic E-state index is 13.0. The number of phosphoric acid groups is 1. The molecular formula is C62H116N2O6P+. The van der Waals surface area contributed by atoms with E-state index in [4.69, 9.17) is 9.05 Å². The zero-order valence-electron chi connectivity index (χ0n) is 47.2. The molecule has 0 fully saturated rings. The molecule has 0 radical (unpaired) electrons. The molecular weight excluding hydrogens is 900 g/mol. The van der Waals surface area contributed by atoms with Gasteiger partial charge >= 0.3 is 7.82 Å². The van der Waals surface area contributed by atoms with E-state index in [9.17, 15) is 19.4 Å². The van der Waals surface area contributed by atoms with Gasteiger partial charge in [-0.05, 0) is 64.2 Å². The van der Waals surface area contributed by atoms with Gasteiger partial charge in [0.2, 0.25) is 5.91 Å². The van der Waals surface area contributed by atoms with Crippen molar-refractivity contribution in [3.05, 3.63) is 72.9 Å². The average molecular weight is 1020 g/mol. The Kier molecular flexibility index (Phi) is 51.3. The standard InChI is InChI=1S/C62H115N2O6P/c1-6-8-10-12-14-16-18-20-22-24-26-27-28-29-30-31-32-33-34-35-36-38-39-41-43-45-47-49-51-53-55-61(65)60(59-70-71(67,68)69-58-57-64(3,4)5)63-62(66)56-54-52-50-48-46-44-42-40-37-25-23-21-19-17-15-13-11-9-7-2/h9,11,15,17,21,23,37,40,44,46,53,55,60-61,65H,6-8,10,12-14,16,18-20,22,24-36,38-39,41-43,45,47-52,54,56-59H2,1-5H3,(H-,63,66,67,68)/p+1/b11-9-,17-15-,23-21-,40-37-,46-44-,55-53+. The number of aliphatic hydroxyl groups is 1. The number of likely N-dealkylation sites (N-methyl/N-ethyl adjacent to an activating group) is 1. The van der Waals surface area contributed by atoms with Crippen LogP contribution in [0.1, 0.15) is 264 Å². The molecule has 0 aliphatic rings. The number of carbonyl (C=O) groups excluding carboxylic acids is 1. The fraction of sp³-hybridized carbons (Fsp3) is 0.790. The van der Waals surface area contributed by atoms with Crippen LogP contribution in [-0.4, -0.2) is 73.4 Å². The molecule has 414 valence electrons. The third-order valence-corrected chi connectivity index (χ3v) is 14.2. The highest BCUT2D eigenvalue weighted by Crippen LogP contribution is 2.43. The molecule has 71 heavy (non-hydrogen) atoms. The van der Waals surface area contributed by atoms with Crippen LogP contribution >= 0.6 is 7.82 Å². The number of nitrogens with zero attached hydrogens (tertiary/aromatic N) is 1. The van der Waals surface area contributed by atoms with E-state index in [-0.39, 0.29) is 19.1 Å². The predicted octanol–water partition coefficient (Wildman–Crippen LogP) is 18.3. The Morgan fingerprint density at radius 1 is 0.493 bits per heavy atom. The molecule has 0 aliphatic carbocycles. The molecule has 0 spiro atoms.